The van der Waals surface area contributed by atoms with Crippen LogP contribution in [0.5, 0.6) is 5.75 Å². The quantitative estimate of drug-likeness (QED) is 0.554. The van der Waals surface area contributed by atoms with Crippen molar-refractivity contribution in [2.45, 2.75) is 24.3 Å². The van der Waals surface area contributed by atoms with Gasteiger partial charge in [0.25, 0.3) is 0 Å². The Bertz CT molecular complexity index is 992. The first-order valence-electron chi connectivity index (χ1n) is 10.7. The molecule has 0 spiro atoms. The summed E-state index contributed by atoms with van der Waals surface area (Å²) in [6, 6.07) is 13.0. The van der Waals surface area contributed by atoms with Crippen molar-refractivity contribution in [3.63, 3.8) is 0 Å². The van der Waals surface area contributed by atoms with Crippen LogP contribution in [0.1, 0.15) is 11.1 Å². The van der Waals surface area contributed by atoms with Gasteiger partial charge in [-0.2, -0.15) is 4.72 Å². The van der Waals surface area contributed by atoms with Crippen LogP contribution in [0.2, 0.25) is 0 Å². The number of benzene rings is 2. The van der Waals surface area contributed by atoms with E-state index in [-0.39, 0.29) is 17.2 Å². The number of carbonyl (C=O) groups excluding carboxylic acids is 1. The number of nitrogens with one attached hydrogen (secondary N) is 2. The molecular formula is C23H31N3O5S. The zero-order chi connectivity index (χ0) is 23.0. The van der Waals surface area contributed by atoms with E-state index in [0.29, 0.717) is 37.6 Å². The lowest BCUT2D eigenvalue weighted by atomic mass is 10.1. The zero-order valence-corrected chi connectivity index (χ0v) is 19.4. The number of carbonyl (C=O) groups is 1. The number of rotatable bonds is 10. The van der Waals surface area contributed by atoms with Crippen LogP contribution in [0.25, 0.3) is 0 Å². The van der Waals surface area contributed by atoms with Gasteiger partial charge in [-0.1, -0.05) is 30.3 Å². The number of hydrogen-bond acceptors (Lipinski definition) is 6. The van der Waals surface area contributed by atoms with E-state index in [1.807, 2.05) is 30.3 Å². The highest BCUT2D eigenvalue weighted by atomic mass is 32.2. The molecule has 174 valence electrons. The van der Waals surface area contributed by atoms with Crippen LogP contribution >= 0.6 is 0 Å². The van der Waals surface area contributed by atoms with Gasteiger partial charge in [-0.05, 0) is 42.7 Å². The predicted octanol–water partition coefficient (Wildman–Crippen LogP) is 1.34. The maximum absolute atomic E-state index is 13.1. The average molecular weight is 462 g/mol. The molecule has 0 aliphatic carbocycles. The molecular weight excluding hydrogens is 430 g/mol. The predicted molar refractivity (Wildman–Crippen MR) is 122 cm³/mol. The molecule has 8 nitrogen and oxygen atoms in total. The SMILES string of the molecule is COc1ccc(S(=O)(=O)NC(Cc2ccccc2)C(=O)NCCN2CCOCC2)cc1C. The van der Waals surface area contributed by atoms with Crippen LogP contribution in [-0.4, -0.2) is 71.8 Å². The van der Waals surface area contributed by atoms with Crippen LogP contribution < -0.4 is 14.8 Å². The number of aryl methyl sites for hydroxylation is 1. The Morgan fingerprint density at radius 3 is 2.53 bits per heavy atom. The van der Waals surface area contributed by atoms with Crippen molar-refractivity contribution < 1.29 is 22.7 Å². The van der Waals surface area contributed by atoms with Crippen molar-refractivity contribution in [2.75, 3.05) is 46.5 Å². The van der Waals surface area contributed by atoms with Crippen molar-refractivity contribution in [1.29, 1.82) is 0 Å². The molecule has 2 aromatic rings. The molecule has 0 saturated carbocycles. The van der Waals surface area contributed by atoms with Gasteiger partial charge in [-0.25, -0.2) is 8.42 Å². The van der Waals surface area contributed by atoms with E-state index in [0.717, 1.165) is 18.7 Å². The molecule has 3 rings (SSSR count). The van der Waals surface area contributed by atoms with E-state index in [4.69, 9.17) is 9.47 Å². The third-order valence-corrected chi connectivity index (χ3v) is 6.87. The molecule has 1 aliphatic heterocycles. The Labute approximate surface area is 190 Å². The highest BCUT2D eigenvalue weighted by molar-refractivity contribution is 7.89. The first kappa shape index (κ1) is 24.2. The van der Waals surface area contributed by atoms with E-state index < -0.39 is 16.1 Å². The summed E-state index contributed by atoms with van der Waals surface area (Å²) in [5.41, 5.74) is 1.57. The van der Waals surface area contributed by atoms with Crippen molar-refractivity contribution in [3.05, 3.63) is 59.7 Å². The van der Waals surface area contributed by atoms with Gasteiger partial charge < -0.3 is 14.8 Å². The van der Waals surface area contributed by atoms with Crippen molar-refractivity contribution >= 4 is 15.9 Å². The summed E-state index contributed by atoms with van der Waals surface area (Å²) >= 11 is 0. The molecule has 1 atom stereocenters. The number of amides is 1. The second-order valence-electron chi connectivity index (χ2n) is 7.74. The second-order valence-corrected chi connectivity index (χ2v) is 9.45. The first-order valence-corrected chi connectivity index (χ1v) is 12.2. The highest BCUT2D eigenvalue weighted by Crippen LogP contribution is 2.21. The van der Waals surface area contributed by atoms with Crippen LogP contribution in [0.3, 0.4) is 0 Å². The molecule has 0 aromatic heterocycles. The fourth-order valence-electron chi connectivity index (χ4n) is 3.60. The first-order chi connectivity index (χ1) is 15.4. The average Bonchev–Trinajstić information content (AvgIpc) is 2.80. The third-order valence-electron chi connectivity index (χ3n) is 5.40. The number of morpholine rings is 1. The summed E-state index contributed by atoms with van der Waals surface area (Å²) in [4.78, 5) is 15.3. The highest BCUT2D eigenvalue weighted by Gasteiger charge is 2.26. The molecule has 0 bridgehead atoms. The third kappa shape index (κ3) is 6.77. The lowest BCUT2D eigenvalue weighted by Crippen LogP contribution is -2.49. The van der Waals surface area contributed by atoms with E-state index in [2.05, 4.69) is 14.9 Å². The summed E-state index contributed by atoms with van der Waals surface area (Å²) < 4.78 is 39.3. The van der Waals surface area contributed by atoms with Gasteiger partial charge in [-0.15, -0.1) is 0 Å². The fraction of sp³-hybridized carbons (Fsp3) is 0.435. The number of nitrogens with zero attached hydrogens (tertiary/aromatic N) is 1. The molecule has 0 radical (unpaired) electrons. The molecule has 1 amide bonds. The van der Waals surface area contributed by atoms with Crippen molar-refractivity contribution in [3.8, 4) is 5.75 Å². The van der Waals surface area contributed by atoms with Crippen LogP contribution in [0, 0.1) is 6.92 Å². The van der Waals surface area contributed by atoms with Gasteiger partial charge in [0.05, 0.1) is 25.2 Å². The monoisotopic (exact) mass is 461 g/mol. The van der Waals surface area contributed by atoms with E-state index >= 15 is 0 Å². The minimum Gasteiger partial charge on any atom is -0.496 e. The minimum absolute atomic E-state index is 0.0926. The van der Waals surface area contributed by atoms with Gasteiger partial charge >= 0.3 is 0 Å². The van der Waals surface area contributed by atoms with Crippen molar-refractivity contribution in [1.82, 2.24) is 14.9 Å². The molecule has 1 aliphatic rings. The maximum atomic E-state index is 13.1. The Hall–Kier alpha value is -2.46. The van der Waals surface area contributed by atoms with Gasteiger partial charge in [-0.3, -0.25) is 9.69 Å². The van der Waals surface area contributed by atoms with E-state index in [1.54, 1.807) is 13.0 Å². The summed E-state index contributed by atoms with van der Waals surface area (Å²) in [5, 5.41) is 2.89. The van der Waals surface area contributed by atoms with Gasteiger partial charge in [0.2, 0.25) is 15.9 Å². The number of hydrogen-bond donors (Lipinski definition) is 2. The van der Waals surface area contributed by atoms with Crippen LogP contribution in [-0.2, 0) is 26.0 Å². The lowest BCUT2D eigenvalue weighted by Gasteiger charge is -2.27. The van der Waals surface area contributed by atoms with Gasteiger partial charge in [0.1, 0.15) is 11.8 Å². The fourth-order valence-corrected chi connectivity index (χ4v) is 4.88. The normalized spacial score (nSPS) is 15.8. The zero-order valence-electron chi connectivity index (χ0n) is 18.5. The molecule has 1 saturated heterocycles. The Morgan fingerprint density at radius 2 is 1.88 bits per heavy atom. The molecule has 1 unspecified atom stereocenters. The lowest BCUT2D eigenvalue weighted by molar-refractivity contribution is -0.122. The summed E-state index contributed by atoms with van der Waals surface area (Å²) in [6.45, 7) is 5.93. The molecule has 1 fully saturated rings. The number of methoxy groups -OCH3 is 1. The van der Waals surface area contributed by atoms with Crippen LogP contribution in [0.15, 0.2) is 53.4 Å². The number of ether oxygens (including phenoxy) is 2. The largest absolute Gasteiger partial charge is 0.496 e. The van der Waals surface area contributed by atoms with E-state index in [9.17, 15) is 13.2 Å². The maximum Gasteiger partial charge on any atom is 0.241 e. The summed E-state index contributed by atoms with van der Waals surface area (Å²) in [5.74, 6) is 0.251. The second kappa shape index (κ2) is 11.4. The summed E-state index contributed by atoms with van der Waals surface area (Å²) in [7, 11) is -2.38. The number of sulfonamides is 1. The van der Waals surface area contributed by atoms with Gasteiger partial charge in [0.15, 0.2) is 0 Å². The van der Waals surface area contributed by atoms with Crippen LogP contribution in [0.4, 0.5) is 0 Å². The Balaban J connectivity index is 1.71. The Morgan fingerprint density at radius 1 is 1.16 bits per heavy atom. The molecule has 32 heavy (non-hydrogen) atoms. The topological polar surface area (TPSA) is 97.0 Å². The molecule has 2 aromatic carbocycles. The minimum atomic E-state index is -3.91. The Kier molecular flexibility index (Phi) is 8.63. The standard InChI is InChI=1S/C23H31N3O5S/c1-18-16-20(8-9-22(18)30-2)32(28,29)25-21(17-19-6-4-3-5-7-19)23(27)24-10-11-26-12-14-31-15-13-26/h3-9,16,21,25H,10-15,17H2,1-2H3,(H,24,27). The summed E-state index contributed by atoms with van der Waals surface area (Å²) in [6.07, 6.45) is 0.249. The van der Waals surface area contributed by atoms with Gasteiger partial charge in [0, 0.05) is 26.2 Å². The van der Waals surface area contributed by atoms with Crippen molar-refractivity contribution in [2.24, 2.45) is 0 Å². The smallest absolute Gasteiger partial charge is 0.241 e. The van der Waals surface area contributed by atoms with E-state index in [1.165, 1.54) is 19.2 Å². The molecule has 9 heteroatoms. The molecule has 2 N–H and O–H groups in total. The molecule has 1 heterocycles.